The third kappa shape index (κ3) is 3.83. The number of carbonyl (C=O) groups is 1. The van der Waals surface area contributed by atoms with E-state index in [9.17, 15) is 4.79 Å². The van der Waals surface area contributed by atoms with E-state index in [4.69, 9.17) is 21.1 Å². The van der Waals surface area contributed by atoms with Crippen molar-refractivity contribution in [2.45, 2.75) is 6.42 Å². The van der Waals surface area contributed by atoms with E-state index >= 15 is 0 Å². The minimum absolute atomic E-state index is 0.328. The lowest BCUT2D eigenvalue weighted by molar-refractivity contribution is -0.113. The Labute approximate surface area is 142 Å². The molecule has 7 heteroatoms. The predicted octanol–water partition coefficient (Wildman–Crippen LogP) is 3.04. The Kier molecular flexibility index (Phi) is 4.83. The van der Waals surface area contributed by atoms with Gasteiger partial charge < -0.3 is 14.0 Å². The average Bonchev–Trinajstić information content (AvgIpc) is 2.78. The Morgan fingerprint density at radius 1 is 1.39 bits per heavy atom. The minimum atomic E-state index is -0.328. The number of thiazole rings is 1. The van der Waals surface area contributed by atoms with E-state index in [0.29, 0.717) is 34.5 Å². The van der Waals surface area contributed by atoms with E-state index < -0.39 is 0 Å². The van der Waals surface area contributed by atoms with Gasteiger partial charge in [0, 0.05) is 31.1 Å². The van der Waals surface area contributed by atoms with Crippen LogP contribution in [0, 0.1) is 0 Å². The van der Waals surface area contributed by atoms with Crippen molar-refractivity contribution in [2.75, 3.05) is 13.2 Å². The number of ether oxygens (including phenoxy) is 2. The zero-order valence-electron chi connectivity index (χ0n) is 12.5. The molecule has 1 amide bonds. The van der Waals surface area contributed by atoms with E-state index in [1.165, 1.54) is 17.4 Å². The third-order valence-electron chi connectivity index (χ3n) is 3.21. The molecule has 1 aliphatic rings. The van der Waals surface area contributed by atoms with Gasteiger partial charge in [-0.05, 0) is 23.8 Å². The summed E-state index contributed by atoms with van der Waals surface area (Å²) in [5.74, 6) is 0.831. The van der Waals surface area contributed by atoms with Gasteiger partial charge in [0.2, 0.25) is 0 Å². The first-order valence-electron chi connectivity index (χ1n) is 7.09. The van der Waals surface area contributed by atoms with Gasteiger partial charge in [0.25, 0.3) is 5.91 Å². The van der Waals surface area contributed by atoms with Gasteiger partial charge in [-0.15, -0.1) is 11.3 Å². The fourth-order valence-corrected chi connectivity index (χ4v) is 3.09. The Bertz CT molecular complexity index is 823. The molecule has 1 aromatic heterocycles. The largest absolute Gasteiger partial charge is 0.489 e. The molecule has 5 nitrogen and oxygen atoms in total. The molecular weight excluding hydrogens is 336 g/mol. The SMILES string of the molecule is Cn1ccsc1=NC(=O)/C=C/c1cc(Cl)c2c(c1)OCCCO2. The summed E-state index contributed by atoms with van der Waals surface area (Å²) in [5.41, 5.74) is 0.762. The fraction of sp³-hybridized carbons (Fsp3) is 0.250. The number of aryl methyl sites for hydroxylation is 1. The van der Waals surface area contributed by atoms with Gasteiger partial charge in [0.15, 0.2) is 16.3 Å². The van der Waals surface area contributed by atoms with Crippen LogP contribution in [0.15, 0.2) is 34.8 Å². The molecule has 0 N–H and O–H groups in total. The maximum Gasteiger partial charge on any atom is 0.272 e. The van der Waals surface area contributed by atoms with Gasteiger partial charge in [-0.1, -0.05) is 11.6 Å². The number of hydrogen-bond donors (Lipinski definition) is 0. The summed E-state index contributed by atoms with van der Waals surface area (Å²) in [4.78, 5) is 16.6. The predicted molar refractivity (Wildman–Crippen MR) is 90.0 cm³/mol. The number of rotatable bonds is 2. The first-order valence-corrected chi connectivity index (χ1v) is 8.35. The van der Waals surface area contributed by atoms with Crippen LogP contribution in [0.3, 0.4) is 0 Å². The molecule has 0 spiro atoms. The smallest absolute Gasteiger partial charge is 0.272 e. The van der Waals surface area contributed by atoms with Crippen molar-refractivity contribution in [3.05, 3.63) is 45.2 Å². The van der Waals surface area contributed by atoms with Crippen LogP contribution in [0.2, 0.25) is 5.02 Å². The zero-order valence-corrected chi connectivity index (χ0v) is 14.1. The Hall–Kier alpha value is -2.05. The summed E-state index contributed by atoms with van der Waals surface area (Å²) in [6.07, 6.45) is 5.74. The number of fused-ring (bicyclic) bond motifs is 1. The van der Waals surface area contributed by atoms with Crippen molar-refractivity contribution in [1.29, 1.82) is 0 Å². The number of amides is 1. The third-order valence-corrected chi connectivity index (χ3v) is 4.34. The van der Waals surface area contributed by atoms with Crippen molar-refractivity contribution in [3.8, 4) is 11.5 Å². The first kappa shape index (κ1) is 15.8. The van der Waals surface area contributed by atoms with E-state index in [0.717, 1.165) is 12.0 Å². The lowest BCUT2D eigenvalue weighted by Crippen LogP contribution is -2.11. The lowest BCUT2D eigenvalue weighted by atomic mass is 10.2. The molecule has 1 aliphatic heterocycles. The van der Waals surface area contributed by atoms with Gasteiger partial charge in [-0.3, -0.25) is 4.79 Å². The Morgan fingerprint density at radius 2 is 2.22 bits per heavy atom. The summed E-state index contributed by atoms with van der Waals surface area (Å²) < 4.78 is 13.0. The van der Waals surface area contributed by atoms with E-state index in [1.54, 1.807) is 22.8 Å². The highest BCUT2D eigenvalue weighted by Gasteiger charge is 2.14. The van der Waals surface area contributed by atoms with Crippen LogP contribution in [-0.2, 0) is 11.8 Å². The molecule has 0 saturated carbocycles. The molecule has 23 heavy (non-hydrogen) atoms. The molecule has 0 radical (unpaired) electrons. The highest BCUT2D eigenvalue weighted by Crippen LogP contribution is 2.38. The molecule has 2 aromatic rings. The maximum absolute atomic E-state index is 11.9. The van der Waals surface area contributed by atoms with Gasteiger partial charge >= 0.3 is 0 Å². The highest BCUT2D eigenvalue weighted by atomic mass is 35.5. The lowest BCUT2D eigenvalue weighted by Gasteiger charge is -2.09. The summed E-state index contributed by atoms with van der Waals surface area (Å²) in [7, 11) is 1.84. The van der Waals surface area contributed by atoms with E-state index in [2.05, 4.69) is 4.99 Å². The average molecular weight is 351 g/mol. The molecule has 1 aromatic carbocycles. The van der Waals surface area contributed by atoms with Crippen LogP contribution in [-0.4, -0.2) is 23.7 Å². The molecule has 0 fully saturated rings. The van der Waals surface area contributed by atoms with Crippen molar-refractivity contribution >= 4 is 34.9 Å². The number of halogens is 1. The second kappa shape index (κ2) is 7.02. The van der Waals surface area contributed by atoms with Gasteiger partial charge in [0.1, 0.15) is 0 Å². The summed E-state index contributed by atoms with van der Waals surface area (Å²) in [6, 6.07) is 3.55. The minimum Gasteiger partial charge on any atom is -0.489 e. The molecule has 0 aliphatic carbocycles. The van der Waals surface area contributed by atoms with Crippen molar-refractivity contribution in [2.24, 2.45) is 12.0 Å². The van der Waals surface area contributed by atoms with Crippen LogP contribution < -0.4 is 14.3 Å². The molecular formula is C16H15ClN2O3S. The molecule has 0 atom stereocenters. The molecule has 3 rings (SSSR count). The molecule has 0 saturated heterocycles. The number of hydrogen-bond acceptors (Lipinski definition) is 4. The van der Waals surface area contributed by atoms with Crippen LogP contribution in [0.5, 0.6) is 11.5 Å². The first-order chi connectivity index (χ1) is 11.1. The summed E-state index contributed by atoms with van der Waals surface area (Å²) in [5, 5.41) is 2.34. The Balaban J connectivity index is 1.83. The fourth-order valence-electron chi connectivity index (χ4n) is 2.08. The zero-order chi connectivity index (χ0) is 16.2. The van der Waals surface area contributed by atoms with Crippen molar-refractivity contribution in [1.82, 2.24) is 4.57 Å². The summed E-state index contributed by atoms with van der Waals surface area (Å²) in [6.45, 7) is 1.16. The number of carbonyl (C=O) groups excluding carboxylic acids is 1. The quantitative estimate of drug-likeness (QED) is 0.782. The Morgan fingerprint density at radius 3 is 3.00 bits per heavy atom. The van der Waals surface area contributed by atoms with Crippen LogP contribution in [0.4, 0.5) is 0 Å². The van der Waals surface area contributed by atoms with Crippen LogP contribution in [0.1, 0.15) is 12.0 Å². The van der Waals surface area contributed by atoms with Crippen molar-refractivity contribution in [3.63, 3.8) is 0 Å². The van der Waals surface area contributed by atoms with Crippen molar-refractivity contribution < 1.29 is 14.3 Å². The maximum atomic E-state index is 11.9. The van der Waals surface area contributed by atoms with Gasteiger partial charge in [-0.2, -0.15) is 4.99 Å². The number of aromatic nitrogens is 1. The normalized spacial score (nSPS) is 15.0. The van der Waals surface area contributed by atoms with E-state index in [1.807, 2.05) is 18.6 Å². The molecule has 2 heterocycles. The molecule has 0 unspecified atom stereocenters. The number of nitrogens with zero attached hydrogens (tertiary/aromatic N) is 2. The standard InChI is InChI=1S/C16H15ClN2O3S/c1-19-5-8-23-16(19)18-14(20)4-3-11-9-12(17)15-13(10-11)21-6-2-7-22-15/h3-5,8-10H,2,6-7H2,1H3/b4-3+,18-16?. The number of benzene rings is 1. The second-order valence-electron chi connectivity index (χ2n) is 4.96. The van der Waals surface area contributed by atoms with Gasteiger partial charge in [-0.25, -0.2) is 0 Å². The molecule has 0 bridgehead atoms. The monoisotopic (exact) mass is 350 g/mol. The van der Waals surface area contributed by atoms with Crippen LogP contribution in [0.25, 0.3) is 6.08 Å². The van der Waals surface area contributed by atoms with E-state index in [-0.39, 0.29) is 5.91 Å². The highest BCUT2D eigenvalue weighted by molar-refractivity contribution is 7.07. The van der Waals surface area contributed by atoms with Crippen LogP contribution >= 0.6 is 22.9 Å². The molecule has 120 valence electrons. The topological polar surface area (TPSA) is 52.8 Å². The summed E-state index contributed by atoms with van der Waals surface area (Å²) >= 11 is 7.63. The second-order valence-corrected chi connectivity index (χ2v) is 6.24. The van der Waals surface area contributed by atoms with Gasteiger partial charge in [0.05, 0.1) is 18.2 Å².